The monoisotopic (exact) mass is 419 g/mol. The van der Waals surface area contributed by atoms with Crippen molar-refractivity contribution in [3.05, 3.63) is 58.1 Å². The minimum atomic E-state index is -0.625. The van der Waals surface area contributed by atoms with Crippen LogP contribution in [-0.4, -0.2) is 32.2 Å². The second kappa shape index (κ2) is 10.7. The summed E-state index contributed by atoms with van der Waals surface area (Å²) in [6.07, 6.45) is 0. The molecule has 0 unspecified atom stereocenters. The van der Waals surface area contributed by atoms with Gasteiger partial charge in [-0.2, -0.15) is 0 Å². The van der Waals surface area contributed by atoms with E-state index < -0.39 is 11.9 Å². The lowest BCUT2D eigenvalue weighted by molar-refractivity contribution is -0.150. The van der Waals surface area contributed by atoms with Gasteiger partial charge in [0.25, 0.3) is 5.91 Å². The molecule has 0 aliphatic carbocycles. The highest BCUT2D eigenvalue weighted by Crippen LogP contribution is 2.32. The van der Waals surface area contributed by atoms with Gasteiger partial charge in [0.05, 0.1) is 7.11 Å². The van der Waals surface area contributed by atoms with E-state index in [1.165, 1.54) is 0 Å². The standard InChI is InChI=1S/C22H26ClNO5/c1-14(2)17-10-18(23)15(3)9-20(17)28-13-22(26)29-12-21(25)24-11-16-7-5-6-8-19(16)27-4/h5-10,14H,11-13H2,1-4H3,(H,24,25). The van der Waals surface area contributed by atoms with E-state index in [1.807, 2.05) is 51.1 Å². The van der Waals surface area contributed by atoms with Gasteiger partial charge in [-0.3, -0.25) is 4.79 Å². The summed E-state index contributed by atoms with van der Waals surface area (Å²) < 4.78 is 15.8. The lowest BCUT2D eigenvalue weighted by Gasteiger charge is -2.15. The normalized spacial score (nSPS) is 10.6. The van der Waals surface area contributed by atoms with E-state index in [2.05, 4.69) is 5.32 Å². The fraction of sp³-hybridized carbons (Fsp3) is 0.364. The Morgan fingerprint density at radius 2 is 1.83 bits per heavy atom. The molecule has 29 heavy (non-hydrogen) atoms. The lowest BCUT2D eigenvalue weighted by atomic mass is 10.0. The van der Waals surface area contributed by atoms with Crippen LogP contribution in [0.15, 0.2) is 36.4 Å². The molecule has 0 radical (unpaired) electrons. The second-order valence-electron chi connectivity index (χ2n) is 6.83. The van der Waals surface area contributed by atoms with Gasteiger partial charge in [0.1, 0.15) is 11.5 Å². The molecule has 1 N–H and O–H groups in total. The summed E-state index contributed by atoms with van der Waals surface area (Å²) in [6.45, 7) is 5.49. The Labute approximate surface area is 176 Å². The van der Waals surface area contributed by atoms with E-state index in [9.17, 15) is 9.59 Å². The number of para-hydroxylation sites is 1. The number of nitrogens with one attached hydrogen (secondary N) is 1. The van der Waals surface area contributed by atoms with Crippen molar-refractivity contribution in [3.8, 4) is 11.5 Å². The molecule has 0 spiro atoms. The molecule has 0 saturated carbocycles. The first kappa shape index (κ1) is 22.6. The summed E-state index contributed by atoms with van der Waals surface area (Å²) in [7, 11) is 1.56. The predicted molar refractivity (Wildman–Crippen MR) is 112 cm³/mol. The molecule has 7 heteroatoms. The molecule has 156 valence electrons. The van der Waals surface area contributed by atoms with E-state index in [0.717, 1.165) is 16.7 Å². The van der Waals surface area contributed by atoms with Crippen LogP contribution < -0.4 is 14.8 Å². The van der Waals surface area contributed by atoms with Gasteiger partial charge >= 0.3 is 5.97 Å². The van der Waals surface area contributed by atoms with E-state index >= 15 is 0 Å². The summed E-state index contributed by atoms with van der Waals surface area (Å²) >= 11 is 6.17. The number of benzene rings is 2. The zero-order valence-electron chi connectivity index (χ0n) is 17.1. The van der Waals surface area contributed by atoms with Crippen molar-refractivity contribution in [2.24, 2.45) is 0 Å². The molecular weight excluding hydrogens is 394 g/mol. The van der Waals surface area contributed by atoms with E-state index in [0.29, 0.717) is 16.5 Å². The zero-order chi connectivity index (χ0) is 21.4. The molecule has 1 amide bonds. The van der Waals surface area contributed by atoms with Crippen LogP contribution in [0.3, 0.4) is 0 Å². The van der Waals surface area contributed by atoms with Crippen LogP contribution in [0.4, 0.5) is 0 Å². The molecule has 6 nitrogen and oxygen atoms in total. The quantitative estimate of drug-likeness (QED) is 0.621. The first-order chi connectivity index (χ1) is 13.8. The van der Waals surface area contributed by atoms with Crippen molar-refractivity contribution in [2.45, 2.75) is 33.2 Å². The number of amides is 1. The molecule has 0 fully saturated rings. The first-order valence-electron chi connectivity index (χ1n) is 9.28. The number of carbonyl (C=O) groups excluding carboxylic acids is 2. The first-order valence-corrected chi connectivity index (χ1v) is 9.66. The average molecular weight is 420 g/mol. The number of carbonyl (C=O) groups is 2. The van der Waals surface area contributed by atoms with Gasteiger partial charge in [-0.15, -0.1) is 0 Å². The van der Waals surface area contributed by atoms with Gasteiger partial charge in [-0.1, -0.05) is 43.6 Å². The minimum absolute atomic E-state index is 0.180. The fourth-order valence-corrected chi connectivity index (χ4v) is 2.84. The Hall–Kier alpha value is -2.73. The number of aryl methyl sites for hydroxylation is 1. The molecule has 2 aromatic carbocycles. The maximum absolute atomic E-state index is 12.0. The van der Waals surface area contributed by atoms with Gasteiger partial charge in [-0.05, 0) is 42.2 Å². The van der Waals surface area contributed by atoms with E-state index in [4.69, 9.17) is 25.8 Å². The fourth-order valence-electron chi connectivity index (χ4n) is 2.66. The number of halogens is 1. The van der Waals surface area contributed by atoms with Crippen molar-refractivity contribution in [1.82, 2.24) is 5.32 Å². The topological polar surface area (TPSA) is 73.9 Å². The summed E-state index contributed by atoms with van der Waals surface area (Å²) in [5.74, 6) is 0.408. The van der Waals surface area contributed by atoms with Crippen LogP contribution in [0.5, 0.6) is 11.5 Å². The number of ether oxygens (including phenoxy) is 3. The molecule has 0 saturated heterocycles. The largest absolute Gasteiger partial charge is 0.496 e. The van der Waals surface area contributed by atoms with Crippen molar-refractivity contribution in [2.75, 3.05) is 20.3 Å². The second-order valence-corrected chi connectivity index (χ2v) is 7.24. The molecule has 0 heterocycles. The van der Waals surface area contributed by atoms with E-state index in [1.54, 1.807) is 13.2 Å². The van der Waals surface area contributed by atoms with Gasteiger partial charge in [-0.25, -0.2) is 4.79 Å². The Kier molecular flexibility index (Phi) is 8.34. The minimum Gasteiger partial charge on any atom is -0.496 e. The summed E-state index contributed by atoms with van der Waals surface area (Å²) in [5.41, 5.74) is 2.59. The molecule has 2 rings (SSSR count). The number of methoxy groups -OCH3 is 1. The smallest absolute Gasteiger partial charge is 0.344 e. The maximum Gasteiger partial charge on any atom is 0.344 e. The molecule has 0 atom stereocenters. The SMILES string of the molecule is COc1ccccc1CNC(=O)COC(=O)COc1cc(C)c(Cl)cc1C(C)C. The number of hydrogen-bond acceptors (Lipinski definition) is 5. The van der Waals surface area contributed by atoms with Gasteiger partial charge in [0.2, 0.25) is 0 Å². The molecule has 0 aromatic heterocycles. The summed E-state index contributed by atoms with van der Waals surface area (Å²) in [6, 6.07) is 11.0. The van der Waals surface area contributed by atoms with Crippen molar-refractivity contribution in [1.29, 1.82) is 0 Å². The Bertz CT molecular complexity index is 866. The Balaban J connectivity index is 1.81. The highest BCUT2D eigenvalue weighted by Gasteiger charge is 2.14. The van der Waals surface area contributed by atoms with Gasteiger partial charge < -0.3 is 19.5 Å². The molecular formula is C22H26ClNO5. The van der Waals surface area contributed by atoms with Crippen LogP contribution in [0.2, 0.25) is 5.02 Å². The number of esters is 1. The lowest BCUT2D eigenvalue weighted by Crippen LogP contribution is -2.29. The average Bonchev–Trinajstić information content (AvgIpc) is 2.71. The van der Waals surface area contributed by atoms with Gasteiger partial charge in [0, 0.05) is 17.1 Å². The summed E-state index contributed by atoms with van der Waals surface area (Å²) in [4.78, 5) is 23.9. The molecule has 0 aliphatic rings. The Morgan fingerprint density at radius 3 is 2.52 bits per heavy atom. The van der Waals surface area contributed by atoms with Crippen LogP contribution in [-0.2, 0) is 20.9 Å². The zero-order valence-corrected chi connectivity index (χ0v) is 17.8. The van der Waals surface area contributed by atoms with Crippen molar-refractivity contribution >= 4 is 23.5 Å². The third kappa shape index (κ3) is 6.68. The third-order valence-corrected chi connectivity index (χ3v) is 4.70. The number of hydrogen-bond donors (Lipinski definition) is 1. The van der Waals surface area contributed by atoms with Crippen molar-refractivity contribution in [3.63, 3.8) is 0 Å². The predicted octanol–water partition coefficient (Wildman–Crippen LogP) is 4.02. The summed E-state index contributed by atoms with van der Waals surface area (Å²) in [5, 5.41) is 3.34. The van der Waals surface area contributed by atoms with Gasteiger partial charge in [0.15, 0.2) is 13.2 Å². The number of rotatable bonds is 9. The van der Waals surface area contributed by atoms with Crippen molar-refractivity contribution < 1.29 is 23.8 Å². The molecule has 0 bridgehead atoms. The highest BCUT2D eigenvalue weighted by molar-refractivity contribution is 6.31. The van der Waals surface area contributed by atoms with Crippen LogP contribution >= 0.6 is 11.6 Å². The molecule has 2 aromatic rings. The Morgan fingerprint density at radius 1 is 1.10 bits per heavy atom. The highest BCUT2D eigenvalue weighted by atomic mass is 35.5. The third-order valence-electron chi connectivity index (χ3n) is 4.29. The molecule has 0 aliphatic heterocycles. The van der Waals surface area contributed by atoms with Crippen LogP contribution in [0, 0.1) is 6.92 Å². The maximum atomic E-state index is 12.0. The van der Waals surface area contributed by atoms with Crippen LogP contribution in [0.1, 0.15) is 36.5 Å². The van der Waals surface area contributed by atoms with Crippen LogP contribution in [0.25, 0.3) is 0 Å². The van der Waals surface area contributed by atoms with E-state index in [-0.39, 0.29) is 25.7 Å².